The molecule has 0 aromatic heterocycles. The second kappa shape index (κ2) is 6.88. The highest BCUT2D eigenvalue weighted by atomic mass is 16.5. The van der Waals surface area contributed by atoms with Crippen molar-refractivity contribution < 1.29 is 24.5 Å². The molecule has 3 aromatic rings. The van der Waals surface area contributed by atoms with Gasteiger partial charge in [-0.1, -0.05) is 54.6 Å². The standard InChI is InChI=1S/C20H14O5/c21-18-14(13-7-2-1-3-8-13)10-6-11-16(18)20(24)25-17-12-5-4-9-15(17)19(22)23/h1-12,21H,(H,22,23). The first kappa shape index (κ1) is 16.3. The van der Waals surface area contributed by atoms with Gasteiger partial charge in [0.05, 0.1) is 0 Å². The Labute approximate surface area is 143 Å². The lowest BCUT2D eigenvalue weighted by Gasteiger charge is -2.11. The number of rotatable bonds is 4. The number of phenolic OH excluding ortho intramolecular Hbond substituents is 1. The number of hydrogen-bond donors (Lipinski definition) is 2. The molecule has 0 saturated carbocycles. The van der Waals surface area contributed by atoms with Crippen LogP contribution in [0, 0.1) is 0 Å². The molecule has 124 valence electrons. The minimum atomic E-state index is -1.20. The van der Waals surface area contributed by atoms with Gasteiger partial charge >= 0.3 is 11.9 Å². The van der Waals surface area contributed by atoms with Crippen molar-refractivity contribution in [1.29, 1.82) is 0 Å². The lowest BCUT2D eigenvalue weighted by molar-refractivity contribution is 0.0681. The van der Waals surface area contributed by atoms with Crippen molar-refractivity contribution in [3.63, 3.8) is 0 Å². The summed E-state index contributed by atoms with van der Waals surface area (Å²) in [5.41, 5.74) is 1.07. The number of carboxylic acid groups (broad SMARTS) is 1. The van der Waals surface area contributed by atoms with E-state index in [9.17, 15) is 14.7 Å². The number of aromatic carboxylic acids is 1. The van der Waals surface area contributed by atoms with E-state index in [-0.39, 0.29) is 22.6 Å². The smallest absolute Gasteiger partial charge is 0.347 e. The second-order valence-electron chi connectivity index (χ2n) is 5.26. The van der Waals surface area contributed by atoms with Crippen LogP contribution >= 0.6 is 0 Å². The van der Waals surface area contributed by atoms with Crippen molar-refractivity contribution in [2.45, 2.75) is 0 Å². The van der Waals surface area contributed by atoms with Crippen LogP contribution in [0.1, 0.15) is 20.7 Å². The van der Waals surface area contributed by atoms with Gasteiger partial charge < -0.3 is 14.9 Å². The molecule has 3 aromatic carbocycles. The number of hydrogen-bond acceptors (Lipinski definition) is 4. The first-order valence-corrected chi connectivity index (χ1v) is 7.50. The molecule has 0 bridgehead atoms. The molecule has 0 amide bonds. The highest BCUT2D eigenvalue weighted by molar-refractivity contribution is 5.98. The molecular weight excluding hydrogens is 320 g/mol. The third kappa shape index (κ3) is 3.35. The summed E-state index contributed by atoms with van der Waals surface area (Å²) in [7, 11) is 0. The van der Waals surface area contributed by atoms with Gasteiger partial charge in [0, 0.05) is 5.56 Å². The highest BCUT2D eigenvalue weighted by Gasteiger charge is 2.19. The number of esters is 1. The number of carbonyl (C=O) groups excluding carboxylic acids is 1. The van der Waals surface area contributed by atoms with Crippen LogP contribution in [0.4, 0.5) is 0 Å². The van der Waals surface area contributed by atoms with E-state index in [2.05, 4.69) is 0 Å². The summed E-state index contributed by atoms with van der Waals surface area (Å²) in [5.74, 6) is -2.33. The lowest BCUT2D eigenvalue weighted by Crippen LogP contribution is -2.12. The lowest BCUT2D eigenvalue weighted by atomic mass is 10.0. The van der Waals surface area contributed by atoms with Crippen molar-refractivity contribution in [3.8, 4) is 22.6 Å². The van der Waals surface area contributed by atoms with Crippen molar-refractivity contribution in [2.24, 2.45) is 0 Å². The first-order valence-electron chi connectivity index (χ1n) is 7.50. The maximum atomic E-state index is 12.4. The fraction of sp³-hybridized carbons (Fsp3) is 0. The summed E-state index contributed by atoms with van der Waals surface area (Å²) in [6.45, 7) is 0. The molecule has 0 unspecified atom stereocenters. The third-order valence-corrected chi connectivity index (χ3v) is 3.66. The van der Waals surface area contributed by atoms with E-state index in [1.807, 2.05) is 30.3 Å². The Hall–Kier alpha value is -3.60. The highest BCUT2D eigenvalue weighted by Crippen LogP contribution is 2.32. The van der Waals surface area contributed by atoms with Crippen molar-refractivity contribution in [2.75, 3.05) is 0 Å². The van der Waals surface area contributed by atoms with Gasteiger partial charge in [-0.15, -0.1) is 0 Å². The van der Waals surface area contributed by atoms with Crippen LogP contribution in [0.3, 0.4) is 0 Å². The zero-order valence-electron chi connectivity index (χ0n) is 13.0. The zero-order valence-corrected chi connectivity index (χ0v) is 13.0. The number of benzene rings is 3. The zero-order chi connectivity index (χ0) is 17.8. The fourth-order valence-electron chi connectivity index (χ4n) is 2.45. The maximum absolute atomic E-state index is 12.4. The molecule has 0 fully saturated rings. The van der Waals surface area contributed by atoms with Gasteiger partial charge in [0.15, 0.2) is 0 Å². The van der Waals surface area contributed by atoms with E-state index < -0.39 is 11.9 Å². The second-order valence-corrected chi connectivity index (χ2v) is 5.26. The molecule has 0 aliphatic carbocycles. The van der Waals surface area contributed by atoms with Crippen molar-refractivity contribution in [3.05, 3.63) is 83.9 Å². The number of carbonyl (C=O) groups is 2. The van der Waals surface area contributed by atoms with Crippen LogP contribution < -0.4 is 4.74 Å². The van der Waals surface area contributed by atoms with Crippen LogP contribution in [0.5, 0.6) is 11.5 Å². The fourth-order valence-corrected chi connectivity index (χ4v) is 2.45. The van der Waals surface area contributed by atoms with Crippen LogP contribution in [0.2, 0.25) is 0 Å². The third-order valence-electron chi connectivity index (χ3n) is 3.66. The van der Waals surface area contributed by atoms with Crippen molar-refractivity contribution >= 4 is 11.9 Å². The molecule has 0 aliphatic rings. The molecule has 0 spiro atoms. The maximum Gasteiger partial charge on any atom is 0.347 e. The van der Waals surface area contributed by atoms with Gasteiger partial charge in [-0.2, -0.15) is 0 Å². The summed E-state index contributed by atoms with van der Waals surface area (Å²) in [6, 6.07) is 19.7. The molecule has 3 rings (SSSR count). The summed E-state index contributed by atoms with van der Waals surface area (Å²) in [6.07, 6.45) is 0. The van der Waals surface area contributed by atoms with Gasteiger partial charge in [-0.25, -0.2) is 9.59 Å². The predicted molar refractivity (Wildman–Crippen MR) is 91.9 cm³/mol. The van der Waals surface area contributed by atoms with E-state index in [4.69, 9.17) is 9.84 Å². The molecule has 0 aliphatic heterocycles. The molecule has 5 heteroatoms. The van der Waals surface area contributed by atoms with Gasteiger partial charge in [-0.3, -0.25) is 0 Å². The Morgan fingerprint density at radius 1 is 0.760 bits per heavy atom. The SMILES string of the molecule is O=C(O)c1ccccc1OC(=O)c1cccc(-c2ccccc2)c1O. The number of ether oxygens (including phenoxy) is 1. The molecule has 0 saturated heterocycles. The molecule has 0 heterocycles. The summed E-state index contributed by atoms with van der Waals surface area (Å²) < 4.78 is 5.18. The van der Waals surface area contributed by atoms with E-state index in [1.54, 1.807) is 18.2 Å². The van der Waals surface area contributed by atoms with E-state index in [0.717, 1.165) is 5.56 Å². The van der Waals surface area contributed by atoms with E-state index >= 15 is 0 Å². The summed E-state index contributed by atoms with van der Waals surface area (Å²) in [5, 5.41) is 19.6. The number of para-hydroxylation sites is 2. The quantitative estimate of drug-likeness (QED) is 0.557. The molecule has 0 radical (unpaired) electrons. The molecule has 0 atom stereocenters. The molecule has 5 nitrogen and oxygen atoms in total. The van der Waals surface area contributed by atoms with Crippen LogP contribution in [-0.4, -0.2) is 22.2 Å². The van der Waals surface area contributed by atoms with E-state index in [0.29, 0.717) is 5.56 Å². The number of carboxylic acids is 1. The Balaban J connectivity index is 1.95. The molecule has 25 heavy (non-hydrogen) atoms. The van der Waals surface area contributed by atoms with Crippen molar-refractivity contribution in [1.82, 2.24) is 0 Å². The largest absolute Gasteiger partial charge is 0.506 e. The average Bonchev–Trinajstić information content (AvgIpc) is 2.63. The monoisotopic (exact) mass is 334 g/mol. The Kier molecular flexibility index (Phi) is 4.48. The van der Waals surface area contributed by atoms with Crippen LogP contribution in [0.15, 0.2) is 72.8 Å². The average molecular weight is 334 g/mol. The van der Waals surface area contributed by atoms with Gasteiger partial charge in [0.25, 0.3) is 0 Å². The Bertz CT molecular complexity index is 932. The van der Waals surface area contributed by atoms with E-state index in [1.165, 1.54) is 24.3 Å². The normalized spacial score (nSPS) is 10.2. The minimum absolute atomic E-state index is 0.0402. The topological polar surface area (TPSA) is 83.8 Å². The Morgan fingerprint density at radius 3 is 2.12 bits per heavy atom. The minimum Gasteiger partial charge on any atom is -0.506 e. The number of aromatic hydroxyl groups is 1. The van der Waals surface area contributed by atoms with Gasteiger partial charge in [-0.05, 0) is 23.8 Å². The summed E-state index contributed by atoms with van der Waals surface area (Å²) in [4.78, 5) is 23.6. The summed E-state index contributed by atoms with van der Waals surface area (Å²) >= 11 is 0. The van der Waals surface area contributed by atoms with Gasteiger partial charge in [0.2, 0.25) is 0 Å². The molecular formula is C20H14O5. The predicted octanol–water partition coefficient (Wildman–Crippen LogP) is 3.98. The Morgan fingerprint density at radius 2 is 1.40 bits per heavy atom. The van der Waals surface area contributed by atoms with Crippen LogP contribution in [0.25, 0.3) is 11.1 Å². The van der Waals surface area contributed by atoms with Gasteiger partial charge in [0.1, 0.15) is 22.6 Å². The first-order chi connectivity index (χ1) is 12.1. The van der Waals surface area contributed by atoms with Crippen LogP contribution in [-0.2, 0) is 0 Å². The number of phenols is 1. The molecule has 2 N–H and O–H groups in total.